The number of nitrogens with zero attached hydrogens (tertiary/aromatic N) is 7. The van der Waals surface area contributed by atoms with E-state index in [-0.39, 0.29) is 43.5 Å². The van der Waals surface area contributed by atoms with Gasteiger partial charge in [0.25, 0.3) is 0 Å². The van der Waals surface area contributed by atoms with E-state index in [1.54, 1.807) is 39.1 Å². The molecule has 21 heteroatoms. The highest BCUT2D eigenvalue weighted by Gasteiger charge is 2.34. The average Bonchev–Trinajstić information content (AvgIpc) is 3.81. The smallest absolute Gasteiger partial charge is 0.348 e. The fourth-order valence-corrected chi connectivity index (χ4v) is 11.5. The van der Waals surface area contributed by atoms with E-state index >= 15 is 0 Å². The number of rotatable bonds is 12. The van der Waals surface area contributed by atoms with Gasteiger partial charge in [0.15, 0.2) is 5.75 Å². The van der Waals surface area contributed by atoms with Gasteiger partial charge in [0.1, 0.15) is 59.5 Å². The van der Waals surface area contributed by atoms with E-state index in [9.17, 15) is 9.18 Å². The number of aromatic nitrogens is 4. The van der Waals surface area contributed by atoms with Crippen molar-refractivity contribution in [1.82, 2.24) is 29.7 Å². The Kier molecular flexibility index (Phi) is 17.3. The lowest BCUT2D eigenvalue weighted by atomic mass is 9.92. The Balaban J connectivity index is 1.02. The molecular weight excluding hydrogens is 1050 g/mol. The largest absolute Gasteiger partial charge is 0.490 e. The number of anilines is 1. The highest BCUT2D eigenvalue weighted by Crippen LogP contribution is 2.53. The van der Waals surface area contributed by atoms with E-state index < -0.39 is 23.8 Å². The van der Waals surface area contributed by atoms with Gasteiger partial charge >= 0.3 is 5.97 Å². The first-order valence-electron chi connectivity index (χ1n) is 26.0. The predicted octanol–water partition coefficient (Wildman–Crippen LogP) is 8.81. The summed E-state index contributed by atoms with van der Waals surface area (Å²) in [6, 6.07) is 13.5. The van der Waals surface area contributed by atoms with Gasteiger partial charge in [-0.15, -0.1) is 11.3 Å². The van der Waals surface area contributed by atoms with Crippen LogP contribution < -0.4 is 23.8 Å². The van der Waals surface area contributed by atoms with Crippen LogP contribution >= 0.6 is 34.5 Å². The van der Waals surface area contributed by atoms with Gasteiger partial charge in [0, 0.05) is 74.4 Å². The number of thiophene rings is 1. The highest BCUT2D eigenvalue weighted by molar-refractivity contribution is 7.22. The minimum Gasteiger partial charge on any atom is -0.490 e. The zero-order valence-corrected chi connectivity index (χ0v) is 46.5. The minimum atomic E-state index is -1.28. The lowest BCUT2D eigenvalue weighted by Crippen LogP contribution is -2.49. The third-order valence-corrected chi connectivity index (χ3v) is 15.8. The molecule has 17 nitrogen and oxygen atoms in total. The summed E-state index contributed by atoms with van der Waals surface area (Å²) in [4.78, 5) is 41.7. The number of likely N-dealkylation sites (N-methyl/N-ethyl adjacent to an activating group) is 1. The molecule has 0 amide bonds. The summed E-state index contributed by atoms with van der Waals surface area (Å²) in [5.41, 5.74) is 3.73. The Hall–Kier alpha value is -5.48. The summed E-state index contributed by atoms with van der Waals surface area (Å²) in [5.74, 6) is 0.913. The molecule has 8 heterocycles. The molecule has 3 fully saturated rings. The maximum Gasteiger partial charge on any atom is 0.348 e. The topological polar surface area (TPSA) is 161 Å². The van der Waals surface area contributed by atoms with Crippen LogP contribution in [0.15, 0.2) is 61.1 Å². The maximum atomic E-state index is 14.7. The number of esters is 1. The molecule has 6 aromatic rings. The standard InChI is InChI=1S/C56H64Cl2FN7O10S/c1-33-45-34(2)49(58)50(48(33)57)74-41(25-65-17-15-64(6)16-18-65)31-72-39-11-12-43(73-27-38-13-14-60-55(63-38)66-19-20-70-40(26-66)28-69-30-42-29-68-21-22-71-42)36(23-39)24-44(54(67)76-56(3,4)5)75-52-47-46(45)51(77-53(47)62-32-61-52)35-7-9-37(59)10-8-35/h7-14,23,32,40-42,44H,15-22,24-31H2,1-6H3/t40-,41-,42?,44-/m1/s1. The zero-order valence-electron chi connectivity index (χ0n) is 44.2. The monoisotopic (exact) mass is 1120 g/mol. The second-order valence-electron chi connectivity index (χ2n) is 20.7. The number of hydrogen-bond acceptors (Lipinski definition) is 18. The van der Waals surface area contributed by atoms with Crippen molar-refractivity contribution in [3.05, 3.63) is 99.3 Å². The third kappa shape index (κ3) is 13.2. The molecule has 3 saturated heterocycles. The quantitative estimate of drug-likeness (QED) is 0.107. The first kappa shape index (κ1) is 54.9. The van der Waals surface area contributed by atoms with E-state index in [1.165, 1.54) is 29.8 Å². The summed E-state index contributed by atoms with van der Waals surface area (Å²) in [5, 5.41) is 1.13. The van der Waals surface area contributed by atoms with Gasteiger partial charge < -0.3 is 52.4 Å². The van der Waals surface area contributed by atoms with Crippen molar-refractivity contribution in [2.45, 2.75) is 77.7 Å². The lowest BCUT2D eigenvalue weighted by molar-refractivity contribution is -0.163. The van der Waals surface area contributed by atoms with Crippen LogP contribution in [0.3, 0.4) is 0 Å². The second-order valence-corrected chi connectivity index (χ2v) is 22.5. The Bertz CT molecular complexity index is 3010. The molecule has 5 aliphatic rings. The predicted molar refractivity (Wildman–Crippen MR) is 292 cm³/mol. The van der Waals surface area contributed by atoms with Crippen LogP contribution in [0, 0.1) is 19.7 Å². The number of carbonyl (C=O) groups excluding carboxylic acids is 1. The summed E-state index contributed by atoms with van der Waals surface area (Å²) in [7, 11) is 2.11. The second kappa shape index (κ2) is 24.3. The molecular formula is C56H64Cl2FN7O10S. The normalized spacial score (nSPS) is 20.8. The first-order chi connectivity index (χ1) is 37.1. The summed E-state index contributed by atoms with van der Waals surface area (Å²) in [6.07, 6.45) is 0.981. The Labute approximate surface area is 461 Å². The number of piperazine rings is 1. The minimum absolute atomic E-state index is 0.0331. The molecule has 4 atom stereocenters. The van der Waals surface area contributed by atoms with Crippen molar-refractivity contribution in [2.24, 2.45) is 0 Å². The van der Waals surface area contributed by atoms with Crippen molar-refractivity contribution < 1.29 is 51.8 Å². The number of benzene rings is 3. The van der Waals surface area contributed by atoms with Crippen LogP contribution in [0.5, 0.6) is 23.1 Å². The maximum absolute atomic E-state index is 14.7. The van der Waals surface area contributed by atoms with Crippen molar-refractivity contribution >= 4 is 56.7 Å². The fourth-order valence-electron chi connectivity index (χ4n) is 9.81. The van der Waals surface area contributed by atoms with Crippen molar-refractivity contribution in [2.75, 3.05) is 104 Å². The van der Waals surface area contributed by atoms with Crippen LogP contribution in [0.2, 0.25) is 10.0 Å². The Morgan fingerprint density at radius 2 is 1.62 bits per heavy atom. The lowest BCUT2D eigenvalue weighted by Gasteiger charge is -2.35. The van der Waals surface area contributed by atoms with E-state index in [0.717, 1.165) is 31.1 Å². The SMILES string of the molecule is Cc1c(Cl)c2c(Cl)c(C)c1-c1c(-c3ccc(F)cc3)sc3ncnc(c13)O[C@@H](C(=O)OC(C)(C)C)Cc1cc(ccc1OCc1ccnc(N3CCO[C@@H](COCC4COCCO4)C3)n1)OC[C@@H](CN1CCN(C)CC1)O2. The molecule has 11 rings (SSSR count). The van der Waals surface area contributed by atoms with Gasteiger partial charge in [-0.05, 0) is 100 Å². The van der Waals surface area contributed by atoms with Crippen LogP contribution in [-0.4, -0.2) is 165 Å². The number of ether oxygens (including phenoxy) is 9. The molecule has 0 aliphatic carbocycles. The number of fused-ring (bicyclic) bond motifs is 7. The molecule has 0 saturated carbocycles. The number of carbonyl (C=O) groups is 1. The van der Waals surface area contributed by atoms with Gasteiger partial charge in [-0.3, -0.25) is 4.90 Å². The van der Waals surface area contributed by atoms with Crippen LogP contribution in [-0.2, 0) is 41.5 Å². The zero-order chi connectivity index (χ0) is 53.8. The third-order valence-electron chi connectivity index (χ3n) is 13.7. The number of halogens is 3. The van der Waals surface area contributed by atoms with E-state index in [2.05, 4.69) is 26.7 Å². The molecule has 3 aromatic carbocycles. The van der Waals surface area contributed by atoms with Crippen LogP contribution in [0.25, 0.3) is 31.8 Å². The molecule has 77 heavy (non-hydrogen) atoms. The summed E-state index contributed by atoms with van der Waals surface area (Å²) >= 11 is 16.2. The van der Waals surface area contributed by atoms with Gasteiger partial charge in [-0.25, -0.2) is 29.1 Å². The van der Waals surface area contributed by atoms with Gasteiger partial charge in [0.2, 0.25) is 17.9 Å². The van der Waals surface area contributed by atoms with Crippen molar-refractivity contribution in [1.29, 1.82) is 0 Å². The molecule has 410 valence electrons. The first-order valence-corrected chi connectivity index (χ1v) is 27.5. The number of morpholine rings is 1. The molecule has 1 unspecified atom stereocenters. The van der Waals surface area contributed by atoms with E-state index in [1.807, 2.05) is 38.1 Å². The Morgan fingerprint density at radius 1 is 0.857 bits per heavy atom. The molecule has 5 aliphatic heterocycles. The summed E-state index contributed by atoms with van der Waals surface area (Å²) in [6.45, 7) is 17.5. The summed E-state index contributed by atoms with van der Waals surface area (Å²) < 4.78 is 71.0. The van der Waals surface area contributed by atoms with Gasteiger partial charge in [-0.2, -0.15) is 0 Å². The molecule has 0 spiro atoms. The van der Waals surface area contributed by atoms with Gasteiger partial charge in [-0.1, -0.05) is 35.3 Å². The Morgan fingerprint density at radius 3 is 2.38 bits per heavy atom. The van der Waals surface area contributed by atoms with E-state index in [0.29, 0.717) is 142 Å². The van der Waals surface area contributed by atoms with E-state index in [4.69, 9.17) is 80.8 Å². The van der Waals surface area contributed by atoms with Crippen LogP contribution in [0.1, 0.15) is 43.2 Å². The van der Waals surface area contributed by atoms with Crippen molar-refractivity contribution in [3.8, 4) is 44.7 Å². The average molecular weight is 1120 g/mol. The fraction of sp³-hybridized carbons (Fsp3) is 0.482. The molecule has 0 radical (unpaired) electrons. The number of hydrogen-bond donors (Lipinski definition) is 0. The molecule has 3 aromatic heterocycles. The van der Waals surface area contributed by atoms with Crippen LogP contribution in [0.4, 0.5) is 10.3 Å². The van der Waals surface area contributed by atoms with Crippen molar-refractivity contribution in [3.63, 3.8) is 0 Å². The van der Waals surface area contributed by atoms with Gasteiger partial charge in [0.05, 0.1) is 66.9 Å². The molecule has 4 bridgehead atoms. The highest BCUT2D eigenvalue weighted by atomic mass is 35.5. The molecule has 0 N–H and O–H groups in total.